The van der Waals surface area contributed by atoms with Crippen LogP contribution in [0.2, 0.25) is 0 Å². The van der Waals surface area contributed by atoms with Crippen LogP contribution in [0.5, 0.6) is 0 Å². The highest BCUT2D eigenvalue weighted by Crippen LogP contribution is 2.25. The molecule has 0 radical (unpaired) electrons. The fraction of sp³-hybridized carbons (Fsp3) is 0.455. The maximum absolute atomic E-state index is 12.9. The number of aromatic nitrogens is 2. The molecule has 2 fully saturated rings. The van der Waals surface area contributed by atoms with Crippen LogP contribution in [-0.2, 0) is 14.3 Å². The molecule has 1 atom stereocenters. The molecular formula is C22H27N3O3. The van der Waals surface area contributed by atoms with Gasteiger partial charge >= 0.3 is 0 Å². The number of amides is 1. The van der Waals surface area contributed by atoms with Gasteiger partial charge < -0.3 is 14.4 Å². The quantitative estimate of drug-likeness (QED) is 0.763. The van der Waals surface area contributed by atoms with Gasteiger partial charge in [-0.05, 0) is 51.3 Å². The molecule has 0 spiro atoms. The summed E-state index contributed by atoms with van der Waals surface area (Å²) >= 11 is 0. The second-order valence-electron chi connectivity index (χ2n) is 7.37. The van der Waals surface area contributed by atoms with Gasteiger partial charge in [0, 0.05) is 23.9 Å². The number of carbonyl (C=O) groups excluding carboxylic acids is 1. The molecule has 3 heterocycles. The van der Waals surface area contributed by atoms with Crippen molar-refractivity contribution >= 4 is 12.0 Å². The number of piperidine rings is 1. The Bertz CT molecular complexity index is 853. The van der Waals surface area contributed by atoms with E-state index in [4.69, 9.17) is 9.47 Å². The Morgan fingerprint density at radius 1 is 1.14 bits per heavy atom. The van der Waals surface area contributed by atoms with Crippen molar-refractivity contribution < 1.29 is 14.3 Å². The summed E-state index contributed by atoms with van der Waals surface area (Å²) in [5, 5.41) is 4.65. The molecule has 0 N–H and O–H groups in total. The van der Waals surface area contributed by atoms with Gasteiger partial charge in [-0.2, -0.15) is 5.10 Å². The average Bonchev–Trinajstić information content (AvgIpc) is 3.36. The summed E-state index contributed by atoms with van der Waals surface area (Å²) in [7, 11) is 0. The fourth-order valence-corrected chi connectivity index (χ4v) is 4.08. The normalized spacial score (nSPS) is 20.9. The minimum absolute atomic E-state index is 0.00244. The smallest absolute Gasteiger partial charge is 0.247 e. The number of ether oxygens (including phenoxy) is 2. The van der Waals surface area contributed by atoms with Crippen molar-refractivity contribution in [2.45, 2.75) is 45.4 Å². The van der Waals surface area contributed by atoms with Crippen LogP contribution in [0.1, 0.15) is 36.2 Å². The zero-order chi connectivity index (χ0) is 19.5. The maximum atomic E-state index is 12.9. The van der Waals surface area contributed by atoms with Crippen molar-refractivity contribution in [1.82, 2.24) is 14.7 Å². The highest BCUT2D eigenvalue weighted by molar-refractivity contribution is 5.92. The molecule has 1 aromatic carbocycles. The molecule has 2 saturated heterocycles. The van der Waals surface area contributed by atoms with Gasteiger partial charge in [0.05, 0.1) is 30.6 Å². The van der Waals surface area contributed by atoms with E-state index in [-0.39, 0.29) is 18.2 Å². The third kappa shape index (κ3) is 3.75. The summed E-state index contributed by atoms with van der Waals surface area (Å²) < 4.78 is 13.3. The summed E-state index contributed by atoms with van der Waals surface area (Å²) in [6, 6.07) is 10.0. The van der Waals surface area contributed by atoms with Crippen LogP contribution < -0.4 is 0 Å². The number of carbonyl (C=O) groups is 1. The minimum Gasteiger partial charge on any atom is -0.348 e. The van der Waals surface area contributed by atoms with Crippen LogP contribution in [0.25, 0.3) is 11.8 Å². The number of nitrogens with zero attached hydrogens (tertiary/aromatic N) is 3. The van der Waals surface area contributed by atoms with E-state index in [0.29, 0.717) is 13.2 Å². The first kappa shape index (κ1) is 18.9. The molecule has 1 amide bonds. The fourth-order valence-electron chi connectivity index (χ4n) is 4.08. The highest BCUT2D eigenvalue weighted by atomic mass is 16.7. The molecule has 2 aromatic rings. The van der Waals surface area contributed by atoms with E-state index < -0.39 is 0 Å². The summed E-state index contributed by atoms with van der Waals surface area (Å²) in [5.74, 6) is 0.00932. The zero-order valence-corrected chi connectivity index (χ0v) is 16.5. The van der Waals surface area contributed by atoms with Gasteiger partial charge in [0.25, 0.3) is 0 Å². The van der Waals surface area contributed by atoms with E-state index in [1.54, 1.807) is 6.08 Å². The summed E-state index contributed by atoms with van der Waals surface area (Å²) in [6.45, 7) is 5.96. The van der Waals surface area contributed by atoms with Crippen molar-refractivity contribution in [1.29, 1.82) is 0 Å². The van der Waals surface area contributed by atoms with Gasteiger partial charge in [0.1, 0.15) is 0 Å². The summed E-state index contributed by atoms with van der Waals surface area (Å²) in [4.78, 5) is 14.8. The van der Waals surface area contributed by atoms with E-state index in [9.17, 15) is 4.79 Å². The molecule has 148 valence electrons. The Kier molecular flexibility index (Phi) is 5.59. The summed E-state index contributed by atoms with van der Waals surface area (Å²) in [5.41, 5.74) is 3.92. The molecule has 1 aromatic heterocycles. The van der Waals surface area contributed by atoms with Gasteiger partial charge in [-0.15, -0.1) is 0 Å². The van der Waals surface area contributed by atoms with Crippen LogP contribution in [0.3, 0.4) is 0 Å². The van der Waals surface area contributed by atoms with E-state index >= 15 is 0 Å². The van der Waals surface area contributed by atoms with Gasteiger partial charge in [-0.1, -0.05) is 18.2 Å². The third-order valence-corrected chi connectivity index (χ3v) is 5.53. The number of hydrogen-bond acceptors (Lipinski definition) is 4. The largest absolute Gasteiger partial charge is 0.348 e. The van der Waals surface area contributed by atoms with Crippen molar-refractivity contribution in [3.8, 4) is 5.69 Å². The average molecular weight is 381 g/mol. The van der Waals surface area contributed by atoms with Crippen molar-refractivity contribution in [3.63, 3.8) is 0 Å². The Labute approximate surface area is 165 Å². The lowest BCUT2D eigenvalue weighted by molar-refractivity contribution is -0.145. The number of hydrogen-bond donors (Lipinski definition) is 0. The molecule has 2 aliphatic heterocycles. The number of aryl methyl sites for hydroxylation is 1. The minimum atomic E-state index is -0.290. The third-order valence-electron chi connectivity index (χ3n) is 5.53. The molecule has 28 heavy (non-hydrogen) atoms. The van der Waals surface area contributed by atoms with E-state index in [1.165, 1.54) is 0 Å². The lowest BCUT2D eigenvalue weighted by atomic mass is 10.0. The van der Waals surface area contributed by atoms with E-state index in [1.807, 2.05) is 59.8 Å². The van der Waals surface area contributed by atoms with Crippen molar-refractivity contribution in [3.05, 3.63) is 53.4 Å². The van der Waals surface area contributed by atoms with Gasteiger partial charge in [0.2, 0.25) is 5.91 Å². The second-order valence-corrected chi connectivity index (χ2v) is 7.37. The second kappa shape index (κ2) is 8.29. The lowest BCUT2D eigenvalue weighted by Crippen LogP contribution is -2.49. The molecular weight excluding hydrogens is 354 g/mol. The first-order valence-corrected chi connectivity index (χ1v) is 9.98. The van der Waals surface area contributed by atoms with E-state index in [0.717, 1.165) is 48.4 Å². The zero-order valence-electron chi connectivity index (χ0n) is 16.5. The van der Waals surface area contributed by atoms with Crippen LogP contribution in [-0.4, -0.2) is 52.7 Å². The SMILES string of the molecule is Cc1nn(-c2ccccc2)c(C)c1/C=C/C(=O)N1CCCCC1C1OCCO1. The molecule has 2 aliphatic rings. The Morgan fingerprint density at radius 2 is 1.89 bits per heavy atom. The molecule has 0 bridgehead atoms. The molecule has 1 unspecified atom stereocenters. The topological polar surface area (TPSA) is 56.6 Å². The first-order chi connectivity index (χ1) is 13.6. The Balaban J connectivity index is 1.53. The van der Waals surface area contributed by atoms with Crippen LogP contribution in [0.15, 0.2) is 36.4 Å². The Morgan fingerprint density at radius 3 is 2.64 bits per heavy atom. The highest BCUT2D eigenvalue weighted by Gasteiger charge is 2.35. The molecule has 0 saturated carbocycles. The van der Waals surface area contributed by atoms with Crippen LogP contribution in [0, 0.1) is 13.8 Å². The molecule has 6 nitrogen and oxygen atoms in total. The monoisotopic (exact) mass is 381 g/mol. The van der Waals surface area contributed by atoms with Crippen LogP contribution in [0.4, 0.5) is 0 Å². The lowest BCUT2D eigenvalue weighted by Gasteiger charge is -2.37. The molecule has 6 heteroatoms. The predicted octanol–water partition coefficient (Wildman–Crippen LogP) is 3.26. The van der Waals surface area contributed by atoms with Gasteiger partial charge in [-0.25, -0.2) is 4.68 Å². The molecule has 0 aliphatic carbocycles. The summed E-state index contributed by atoms with van der Waals surface area (Å²) in [6.07, 6.45) is 6.31. The molecule has 4 rings (SSSR count). The van der Waals surface area contributed by atoms with Crippen LogP contribution >= 0.6 is 0 Å². The predicted molar refractivity (Wildman–Crippen MR) is 107 cm³/mol. The van der Waals surface area contributed by atoms with Crippen molar-refractivity contribution in [2.75, 3.05) is 19.8 Å². The van der Waals surface area contributed by atoms with Crippen molar-refractivity contribution in [2.24, 2.45) is 0 Å². The number of benzene rings is 1. The Hall–Kier alpha value is -2.44. The maximum Gasteiger partial charge on any atom is 0.247 e. The van der Waals surface area contributed by atoms with E-state index in [2.05, 4.69) is 5.10 Å². The van der Waals surface area contributed by atoms with Gasteiger partial charge in [0.15, 0.2) is 6.29 Å². The number of para-hydroxylation sites is 1. The number of rotatable bonds is 4. The number of likely N-dealkylation sites (tertiary alicyclic amines) is 1. The standard InChI is InChI=1S/C22H27N3O3/c1-16-19(17(2)25(23-16)18-8-4-3-5-9-18)11-12-21(26)24-13-7-6-10-20(24)22-27-14-15-28-22/h3-5,8-9,11-12,20,22H,6-7,10,13-15H2,1-2H3/b12-11+. The van der Waals surface area contributed by atoms with Gasteiger partial charge in [-0.3, -0.25) is 4.79 Å². The first-order valence-electron chi connectivity index (χ1n) is 9.98.